The van der Waals surface area contributed by atoms with Crippen molar-refractivity contribution < 1.29 is 0 Å². The second-order valence-electron chi connectivity index (χ2n) is 4.09. The zero-order chi connectivity index (χ0) is 12.3. The van der Waals surface area contributed by atoms with Crippen molar-refractivity contribution in [3.63, 3.8) is 0 Å². The van der Waals surface area contributed by atoms with E-state index >= 15 is 0 Å². The molecule has 88 valence electrons. The molecular weight excluding hydrogens is 278 g/mol. The zero-order valence-electron chi connectivity index (χ0n) is 9.81. The highest BCUT2D eigenvalue weighted by molar-refractivity contribution is 9.10. The van der Waals surface area contributed by atoms with Crippen molar-refractivity contribution in [3.8, 4) is 0 Å². The third-order valence-electron chi connectivity index (χ3n) is 2.50. The normalized spacial score (nSPS) is 10.6. The van der Waals surface area contributed by atoms with Gasteiger partial charge in [0.1, 0.15) is 12.1 Å². The molecule has 2 aromatic rings. The molecular formula is C13H14BrN3. The smallest absolute Gasteiger partial charge is 0.148 e. The SMILES string of the molecule is CC(C)c1ccccc1Nc1ncncc1Br. The maximum atomic E-state index is 4.20. The molecule has 0 aliphatic rings. The molecule has 0 saturated heterocycles. The molecule has 0 amide bonds. The number of para-hydroxylation sites is 1. The Kier molecular flexibility index (Phi) is 3.74. The van der Waals surface area contributed by atoms with E-state index in [0.717, 1.165) is 16.0 Å². The van der Waals surface area contributed by atoms with Crippen LogP contribution in [0.5, 0.6) is 0 Å². The molecule has 0 bridgehead atoms. The number of halogens is 1. The van der Waals surface area contributed by atoms with Crippen LogP contribution >= 0.6 is 15.9 Å². The summed E-state index contributed by atoms with van der Waals surface area (Å²) in [6, 6.07) is 8.25. The molecule has 2 rings (SSSR count). The standard InChI is InChI=1S/C13H14BrN3/c1-9(2)10-5-3-4-6-12(10)17-13-11(14)7-15-8-16-13/h3-9H,1-2H3,(H,15,16,17). The van der Waals surface area contributed by atoms with Crippen molar-refractivity contribution in [2.24, 2.45) is 0 Å². The van der Waals surface area contributed by atoms with Crippen LogP contribution in [0.3, 0.4) is 0 Å². The van der Waals surface area contributed by atoms with Crippen molar-refractivity contribution in [2.45, 2.75) is 19.8 Å². The number of benzene rings is 1. The van der Waals surface area contributed by atoms with E-state index < -0.39 is 0 Å². The Morgan fingerprint density at radius 1 is 1.24 bits per heavy atom. The van der Waals surface area contributed by atoms with Crippen molar-refractivity contribution in [1.29, 1.82) is 0 Å². The number of rotatable bonds is 3. The average molecular weight is 292 g/mol. The molecule has 0 fully saturated rings. The summed E-state index contributed by atoms with van der Waals surface area (Å²) < 4.78 is 0.860. The summed E-state index contributed by atoms with van der Waals surface area (Å²) in [6.45, 7) is 4.35. The minimum atomic E-state index is 0.472. The molecule has 0 aliphatic heterocycles. The molecule has 17 heavy (non-hydrogen) atoms. The van der Waals surface area contributed by atoms with Gasteiger partial charge in [-0.2, -0.15) is 0 Å². The van der Waals surface area contributed by atoms with Crippen LogP contribution in [-0.4, -0.2) is 9.97 Å². The van der Waals surface area contributed by atoms with E-state index in [1.54, 1.807) is 6.20 Å². The van der Waals surface area contributed by atoms with Crippen LogP contribution < -0.4 is 5.32 Å². The van der Waals surface area contributed by atoms with Gasteiger partial charge < -0.3 is 5.32 Å². The second-order valence-corrected chi connectivity index (χ2v) is 4.94. The molecule has 0 atom stereocenters. The van der Waals surface area contributed by atoms with Crippen molar-refractivity contribution >= 4 is 27.4 Å². The first-order valence-electron chi connectivity index (χ1n) is 5.50. The first-order chi connectivity index (χ1) is 8.18. The first kappa shape index (κ1) is 12.0. The number of hydrogen-bond acceptors (Lipinski definition) is 3. The zero-order valence-corrected chi connectivity index (χ0v) is 11.4. The molecule has 1 aromatic heterocycles. The summed E-state index contributed by atoms with van der Waals surface area (Å²) in [7, 11) is 0. The van der Waals surface area contributed by atoms with E-state index in [2.05, 4.69) is 63.3 Å². The Hall–Kier alpha value is -1.42. The highest BCUT2D eigenvalue weighted by Crippen LogP contribution is 2.28. The minimum Gasteiger partial charge on any atom is -0.339 e. The quantitative estimate of drug-likeness (QED) is 0.925. The van der Waals surface area contributed by atoms with Crippen molar-refractivity contribution in [3.05, 3.63) is 46.8 Å². The fraction of sp³-hybridized carbons (Fsp3) is 0.231. The van der Waals surface area contributed by atoms with Gasteiger partial charge in [0.15, 0.2) is 0 Å². The van der Waals surface area contributed by atoms with Gasteiger partial charge in [-0.25, -0.2) is 9.97 Å². The van der Waals surface area contributed by atoms with E-state index in [4.69, 9.17) is 0 Å². The predicted octanol–water partition coefficient (Wildman–Crippen LogP) is 4.11. The molecule has 0 saturated carbocycles. The maximum Gasteiger partial charge on any atom is 0.148 e. The Bertz CT molecular complexity index is 512. The highest BCUT2D eigenvalue weighted by atomic mass is 79.9. The molecule has 1 aromatic carbocycles. The van der Waals surface area contributed by atoms with Crippen LogP contribution in [-0.2, 0) is 0 Å². The van der Waals surface area contributed by atoms with Crippen LogP contribution in [0.15, 0.2) is 41.3 Å². The lowest BCUT2D eigenvalue weighted by Crippen LogP contribution is -2.00. The third-order valence-corrected chi connectivity index (χ3v) is 3.08. The van der Waals surface area contributed by atoms with Gasteiger partial charge in [0.25, 0.3) is 0 Å². The Balaban J connectivity index is 2.34. The van der Waals surface area contributed by atoms with Crippen LogP contribution in [0.2, 0.25) is 0 Å². The van der Waals surface area contributed by atoms with Gasteiger partial charge in [-0.15, -0.1) is 0 Å². The van der Waals surface area contributed by atoms with Gasteiger partial charge in [0, 0.05) is 11.9 Å². The summed E-state index contributed by atoms with van der Waals surface area (Å²) >= 11 is 3.43. The lowest BCUT2D eigenvalue weighted by molar-refractivity contribution is 0.869. The van der Waals surface area contributed by atoms with E-state index in [9.17, 15) is 0 Å². The van der Waals surface area contributed by atoms with Gasteiger partial charge in [0.2, 0.25) is 0 Å². The summed E-state index contributed by atoms with van der Waals surface area (Å²) in [5, 5.41) is 3.32. The monoisotopic (exact) mass is 291 g/mol. The van der Waals surface area contributed by atoms with Crippen LogP contribution in [0, 0.1) is 0 Å². The van der Waals surface area contributed by atoms with E-state index in [1.165, 1.54) is 11.9 Å². The predicted molar refractivity (Wildman–Crippen MR) is 73.5 cm³/mol. The lowest BCUT2D eigenvalue weighted by atomic mass is 10.0. The Morgan fingerprint density at radius 2 is 2.00 bits per heavy atom. The average Bonchev–Trinajstić information content (AvgIpc) is 2.32. The van der Waals surface area contributed by atoms with Gasteiger partial charge in [0.05, 0.1) is 4.47 Å². The maximum absolute atomic E-state index is 4.20. The summed E-state index contributed by atoms with van der Waals surface area (Å²) in [6.07, 6.45) is 3.26. The number of anilines is 2. The molecule has 1 heterocycles. The molecule has 0 radical (unpaired) electrons. The van der Waals surface area contributed by atoms with Crippen molar-refractivity contribution in [1.82, 2.24) is 9.97 Å². The minimum absolute atomic E-state index is 0.472. The molecule has 4 heteroatoms. The molecule has 0 unspecified atom stereocenters. The van der Waals surface area contributed by atoms with Gasteiger partial charge in [-0.05, 0) is 33.5 Å². The Labute approximate surface area is 109 Å². The largest absolute Gasteiger partial charge is 0.339 e. The van der Waals surface area contributed by atoms with Gasteiger partial charge >= 0.3 is 0 Å². The highest BCUT2D eigenvalue weighted by Gasteiger charge is 2.07. The van der Waals surface area contributed by atoms with E-state index in [0.29, 0.717) is 5.92 Å². The topological polar surface area (TPSA) is 37.8 Å². The Morgan fingerprint density at radius 3 is 2.71 bits per heavy atom. The first-order valence-corrected chi connectivity index (χ1v) is 6.29. The van der Waals surface area contributed by atoms with E-state index in [1.807, 2.05) is 6.07 Å². The van der Waals surface area contributed by atoms with Crippen LogP contribution in [0.1, 0.15) is 25.3 Å². The number of nitrogens with zero attached hydrogens (tertiary/aromatic N) is 2. The number of nitrogens with one attached hydrogen (secondary N) is 1. The fourth-order valence-electron chi connectivity index (χ4n) is 1.65. The van der Waals surface area contributed by atoms with Crippen molar-refractivity contribution in [2.75, 3.05) is 5.32 Å². The summed E-state index contributed by atoms with van der Waals surface area (Å²) in [4.78, 5) is 8.15. The van der Waals surface area contributed by atoms with E-state index in [-0.39, 0.29) is 0 Å². The van der Waals surface area contributed by atoms with Gasteiger partial charge in [-0.1, -0.05) is 32.0 Å². The molecule has 1 N–H and O–H groups in total. The summed E-state index contributed by atoms with van der Waals surface area (Å²) in [5.41, 5.74) is 2.36. The molecule has 3 nitrogen and oxygen atoms in total. The fourth-order valence-corrected chi connectivity index (χ4v) is 1.97. The van der Waals surface area contributed by atoms with Crippen LogP contribution in [0.25, 0.3) is 0 Å². The second kappa shape index (κ2) is 5.27. The summed E-state index contributed by atoms with van der Waals surface area (Å²) in [5.74, 6) is 1.26. The third kappa shape index (κ3) is 2.82. The lowest BCUT2D eigenvalue weighted by Gasteiger charge is -2.14. The number of hydrogen-bond donors (Lipinski definition) is 1. The van der Waals surface area contributed by atoms with Gasteiger partial charge in [-0.3, -0.25) is 0 Å². The molecule has 0 aliphatic carbocycles. The van der Waals surface area contributed by atoms with Crippen LogP contribution in [0.4, 0.5) is 11.5 Å². The molecule has 0 spiro atoms. The number of aromatic nitrogens is 2.